The topological polar surface area (TPSA) is 55.1 Å². The van der Waals surface area contributed by atoms with Crippen LogP contribution in [0.2, 0.25) is 0 Å². The van der Waals surface area contributed by atoms with Gasteiger partial charge in [0, 0.05) is 19.0 Å². The van der Waals surface area contributed by atoms with Gasteiger partial charge >= 0.3 is 0 Å². The van der Waals surface area contributed by atoms with Gasteiger partial charge in [0.2, 0.25) is 5.91 Å². The molecule has 3 nitrogen and oxygen atoms in total. The highest BCUT2D eigenvalue weighted by Crippen LogP contribution is 2.32. The molecular formula is C12H18N2OS. The van der Waals surface area contributed by atoms with E-state index in [-0.39, 0.29) is 11.9 Å². The number of nitrogens with one attached hydrogen (secondary N) is 1. The molecule has 2 rings (SSSR count). The van der Waals surface area contributed by atoms with Crippen molar-refractivity contribution in [3.8, 4) is 0 Å². The van der Waals surface area contributed by atoms with Crippen molar-refractivity contribution in [2.45, 2.75) is 31.7 Å². The molecule has 1 aliphatic carbocycles. The Balaban J connectivity index is 1.60. The third kappa shape index (κ3) is 3.61. The minimum absolute atomic E-state index is 0.0705. The zero-order chi connectivity index (χ0) is 11.4. The molecule has 1 unspecified atom stereocenters. The average molecular weight is 238 g/mol. The van der Waals surface area contributed by atoms with Crippen molar-refractivity contribution < 1.29 is 4.79 Å². The average Bonchev–Trinajstić information content (AvgIpc) is 2.98. The molecule has 0 aromatic carbocycles. The lowest BCUT2D eigenvalue weighted by molar-refractivity contribution is -0.121. The summed E-state index contributed by atoms with van der Waals surface area (Å²) in [6.07, 6.45) is 3.79. The smallest absolute Gasteiger partial charge is 0.221 e. The largest absolute Gasteiger partial charge is 0.356 e. The normalized spacial score (nSPS) is 17.1. The lowest BCUT2D eigenvalue weighted by Gasteiger charge is -2.10. The number of carbonyl (C=O) groups excluding carboxylic acids is 1. The van der Waals surface area contributed by atoms with Crippen molar-refractivity contribution in [2.24, 2.45) is 11.7 Å². The summed E-state index contributed by atoms with van der Waals surface area (Å²) in [5.41, 5.74) is 7.18. The van der Waals surface area contributed by atoms with Crippen LogP contribution in [0.3, 0.4) is 0 Å². The van der Waals surface area contributed by atoms with Crippen molar-refractivity contribution in [3.63, 3.8) is 0 Å². The lowest BCUT2D eigenvalue weighted by atomic mass is 10.1. The van der Waals surface area contributed by atoms with Crippen LogP contribution >= 0.6 is 11.3 Å². The number of rotatable bonds is 6. The molecule has 88 valence electrons. The highest BCUT2D eigenvalue weighted by Gasteiger charge is 2.29. The first-order valence-corrected chi connectivity index (χ1v) is 6.73. The van der Waals surface area contributed by atoms with Crippen LogP contribution in [-0.2, 0) is 11.2 Å². The fourth-order valence-electron chi connectivity index (χ4n) is 1.76. The van der Waals surface area contributed by atoms with E-state index in [4.69, 9.17) is 5.73 Å². The molecule has 0 radical (unpaired) electrons. The number of hydrogen-bond donors (Lipinski definition) is 2. The minimum atomic E-state index is 0.0705. The molecule has 1 atom stereocenters. The van der Waals surface area contributed by atoms with Crippen molar-refractivity contribution >= 4 is 17.2 Å². The molecule has 4 heteroatoms. The Bertz CT molecular complexity index is 333. The van der Waals surface area contributed by atoms with Crippen LogP contribution in [0.15, 0.2) is 16.8 Å². The lowest BCUT2D eigenvalue weighted by Crippen LogP contribution is -2.33. The van der Waals surface area contributed by atoms with Gasteiger partial charge in [-0.15, -0.1) is 0 Å². The molecule has 1 aliphatic rings. The van der Waals surface area contributed by atoms with Crippen LogP contribution in [0.25, 0.3) is 0 Å². The van der Waals surface area contributed by atoms with Gasteiger partial charge in [-0.25, -0.2) is 0 Å². The second-order valence-electron chi connectivity index (χ2n) is 4.44. The summed E-state index contributed by atoms with van der Waals surface area (Å²) in [6.45, 7) is 0.715. The van der Waals surface area contributed by atoms with E-state index in [1.807, 2.05) is 0 Å². The minimum Gasteiger partial charge on any atom is -0.356 e. The zero-order valence-corrected chi connectivity index (χ0v) is 10.1. The van der Waals surface area contributed by atoms with E-state index < -0.39 is 0 Å². The van der Waals surface area contributed by atoms with Gasteiger partial charge in [-0.1, -0.05) is 0 Å². The molecule has 1 aromatic heterocycles. The van der Waals surface area contributed by atoms with Crippen LogP contribution < -0.4 is 11.1 Å². The third-order valence-corrected chi connectivity index (χ3v) is 3.70. The third-order valence-electron chi connectivity index (χ3n) is 2.96. The SMILES string of the molecule is NC(CC(=O)NCCc1ccsc1)C1CC1. The summed E-state index contributed by atoms with van der Waals surface area (Å²) in [4.78, 5) is 11.5. The molecule has 1 amide bonds. The molecule has 1 saturated carbocycles. The van der Waals surface area contributed by atoms with Gasteiger partial charge in [-0.05, 0) is 47.6 Å². The van der Waals surface area contributed by atoms with Gasteiger partial charge in [-0.2, -0.15) is 11.3 Å². The quantitative estimate of drug-likeness (QED) is 0.789. The van der Waals surface area contributed by atoms with Gasteiger partial charge < -0.3 is 11.1 Å². The van der Waals surface area contributed by atoms with E-state index in [9.17, 15) is 4.79 Å². The first-order chi connectivity index (χ1) is 7.75. The van der Waals surface area contributed by atoms with E-state index >= 15 is 0 Å². The molecule has 0 spiro atoms. The van der Waals surface area contributed by atoms with E-state index in [0.717, 1.165) is 6.42 Å². The van der Waals surface area contributed by atoms with Crippen molar-refractivity contribution in [1.82, 2.24) is 5.32 Å². The highest BCUT2D eigenvalue weighted by atomic mass is 32.1. The summed E-state index contributed by atoms with van der Waals surface area (Å²) in [5, 5.41) is 7.09. The van der Waals surface area contributed by atoms with Crippen molar-refractivity contribution in [1.29, 1.82) is 0 Å². The molecular weight excluding hydrogens is 220 g/mol. The second-order valence-corrected chi connectivity index (χ2v) is 5.22. The number of nitrogens with two attached hydrogens (primary N) is 1. The van der Waals surface area contributed by atoms with Crippen molar-refractivity contribution in [3.05, 3.63) is 22.4 Å². The number of thiophene rings is 1. The second kappa shape index (κ2) is 5.46. The van der Waals surface area contributed by atoms with Crippen molar-refractivity contribution in [2.75, 3.05) is 6.54 Å². The fraction of sp³-hybridized carbons (Fsp3) is 0.583. The number of amides is 1. The Hall–Kier alpha value is -0.870. The molecule has 0 aliphatic heterocycles. The van der Waals surface area contributed by atoms with Crippen LogP contribution in [0.5, 0.6) is 0 Å². The summed E-state index contributed by atoms with van der Waals surface area (Å²) in [5.74, 6) is 0.692. The Morgan fingerprint density at radius 2 is 2.44 bits per heavy atom. The van der Waals surface area contributed by atoms with Crippen LogP contribution in [0.4, 0.5) is 0 Å². The van der Waals surface area contributed by atoms with E-state index in [1.54, 1.807) is 11.3 Å². The zero-order valence-electron chi connectivity index (χ0n) is 9.32. The van der Waals surface area contributed by atoms with E-state index in [2.05, 4.69) is 22.1 Å². The van der Waals surface area contributed by atoms with Gasteiger partial charge in [0.15, 0.2) is 0 Å². The van der Waals surface area contributed by atoms with Gasteiger partial charge in [0.25, 0.3) is 0 Å². The number of hydrogen-bond acceptors (Lipinski definition) is 3. The van der Waals surface area contributed by atoms with E-state index in [1.165, 1.54) is 18.4 Å². The van der Waals surface area contributed by atoms with Gasteiger partial charge in [0.1, 0.15) is 0 Å². The molecule has 3 N–H and O–H groups in total. The summed E-state index contributed by atoms with van der Waals surface area (Å²) in [7, 11) is 0. The monoisotopic (exact) mass is 238 g/mol. The summed E-state index contributed by atoms with van der Waals surface area (Å²) < 4.78 is 0. The number of carbonyl (C=O) groups is 1. The first kappa shape index (κ1) is 11.6. The van der Waals surface area contributed by atoms with Gasteiger partial charge in [-0.3, -0.25) is 4.79 Å². The Labute approximate surface area is 100 Å². The van der Waals surface area contributed by atoms with E-state index in [0.29, 0.717) is 18.9 Å². The maximum Gasteiger partial charge on any atom is 0.221 e. The predicted octanol–water partition coefficient (Wildman–Crippen LogP) is 1.53. The Morgan fingerprint density at radius 3 is 3.06 bits per heavy atom. The maximum absolute atomic E-state index is 11.5. The molecule has 1 fully saturated rings. The molecule has 0 bridgehead atoms. The standard InChI is InChI=1S/C12H18N2OS/c13-11(10-1-2-10)7-12(15)14-5-3-9-4-6-16-8-9/h4,6,8,10-11H,1-3,5,7,13H2,(H,14,15). The highest BCUT2D eigenvalue weighted by molar-refractivity contribution is 7.07. The van der Waals surface area contributed by atoms with Crippen LogP contribution in [0.1, 0.15) is 24.8 Å². The maximum atomic E-state index is 11.5. The summed E-state index contributed by atoms with van der Waals surface area (Å²) >= 11 is 1.69. The molecule has 0 saturated heterocycles. The Kier molecular flexibility index (Phi) is 3.96. The predicted molar refractivity (Wildman–Crippen MR) is 66.3 cm³/mol. The molecule has 1 aromatic rings. The van der Waals surface area contributed by atoms with Crippen LogP contribution in [0, 0.1) is 5.92 Å². The fourth-order valence-corrected chi connectivity index (χ4v) is 2.46. The molecule has 16 heavy (non-hydrogen) atoms. The van der Waals surface area contributed by atoms with Gasteiger partial charge in [0.05, 0.1) is 0 Å². The summed E-state index contributed by atoms with van der Waals surface area (Å²) in [6, 6.07) is 2.16. The first-order valence-electron chi connectivity index (χ1n) is 5.79. The molecule has 1 heterocycles. The van der Waals surface area contributed by atoms with Crippen LogP contribution in [-0.4, -0.2) is 18.5 Å². The Morgan fingerprint density at radius 1 is 1.62 bits per heavy atom.